The molecule has 1 aromatic rings. The normalized spacial score (nSPS) is 11.8. The van der Waals surface area contributed by atoms with Crippen molar-refractivity contribution in [3.63, 3.8) is 0 Å². The van der Waals surface area contributed by atoms with Crippen LogP contribution in [0.5, 0.6) is 0 Å². The number of halogens is 3. The molecule has 1 heterocycles. The predicted octanol–water partition coefficient (Wildman–Crippen LogP) is 3.31. The number of aromatic nitrogens is 1. The number of alkyl halides is 3. The third-order valence-corrected chi connectivity index (χ3v) is 2.83. The number of carbonyl (C=O) groups excluding carboxylic acids is 1. The molecule has 3 nitrogen and oxygen atoms in total. The van der Waals surface area contributed by atoms with Crippen LogP contribution in [0, 0.1) is 0 Å². The summed E-state index contributed by atoms with van der Waals surface area (Å²) in [5, 5.41) is 0.460. The van der Waals surface area contributed by atoms with Crippen LogP contribution >= 0.6 is 11.8 Å². The molecule has 0 aliphatic rings. The van der Waals surface area contributed by atoms with Crippen molar-refractivity contribution in [1.82, 2.24) is 4.98 Å². The van der Waals surface area contributed by atoms with Gasteiger partial charge in [0.1, 0.15) is 0 Å². The molecule has 104 valence electrons. The number of nitrogens with zero attached hydrogens (tertiary/aromatic N) is 1. The van der Waals surface area contributed by atoms with Crippen LogP contribution in [0.4, 0.5) is 13.2 Å². The summed E-state index contributed by atoms with van der Waals surface area (Å²) in [6.07, 6.45) is -0.736. The Bertz CT molecular complexity index is 443. The zero-order valence-corrected chi connectivity index (χ0v) is 10.9. The number of hydrogen-bond acceptors (Lipinski definition) is 4. The zero-order chi connectivity index (χ0) is 14.3. The molecule has 0 saturated heterocycles. The first-order valence-corrected chi connectivity index (χ1v) is 6.41. The second kappa shape index (κ2) is 7.18. The Hall–Kier alpha value is -1.50. The van der Waals surface area contributed by atoms with Gasteiger partial charge in [0.2, 0.25) is 0 Å². The Morgan fingerprint density at radius 3 is 2.74 bits per heavy atom. The van der Waals surface area contributed by atoms with E-state index in [1.807, 2.05) is 0 Å². The minimum Gasteiger partial charge on any atom is -0.463 e. The molecule has 0 aliphatic heterocycles. The molecule has 19 heavy (non-hydrogen) atoms. The second-order valence-corrected chi connectivity index (χ2v) is 4.39. The van der Waals surface area contributed by atoms with Crippen LogP contribution in [0.25, 0.3) is 0 Å². The lowest BCUT2D eigenvalue weighted by Gasteiger charge is -2.05. The molecule has 1 aromatic heterocycles. The van der Waals surface area contributed by atoms with Gasteiger partial charge in [-0.1, -0.05) is 6.08 Å². The molecular formula is C12H12F3NO2S. The number of ether oxygens (including phenoxy) is 1. The van der Waals surface area contributed by atoms with E-state index >= 15 is 0 Å². The van der Waals surface area contributed by atoms with Gasteiger partial charge in [-0.15, -0.1) is 11.8 Å². The smallest absolute Gasteiger partial charge is 0.417 e. The molecule has 0 fully saturated rings. The molecule has 0 aromatic carbocycles. The van der Waals surface area contributed by atoms with E-state index in [2.05, 4.69) is 9.72 Å². The molecule has 0 amide bonds. The van der Waals surface area contributed by atoms with Crippen LogP contribution in [0.3, 0.4) is 0 Å². The van der Waals surface area contributed by atoms with Gasteiger partial charge in [0.15, 0.2) is 0 Å². The minimum absolute atomic E-state index is 0.302. The van der Waals surface area contributed by atoms with E-state index < -0.39 is 17.7 Å². The molecule has 0 saturated carbocycles. The third-order valence-electron chi connectivity index (χ3n) is 1.93. The van der Waals surface area contributed by atoms with Gasteiger partial charge < -0.3 is 4.74 Å². The van der Waals surface area contributed by atoms with E-state index in [1.165, 1.54) is 23.9 Å². The summed E-state index contributed by atoms with van der Waals surface area (Å²) in [7, 11) is 0. The molecule has 0 N–H and O–H groups in total. The molecule has 0 aliphatic carbocycles. The highest BCUT2D eigenvalue weighted by Crippen LogP contribution is 2.29. The van der Waals surface area contributed by atoms with Crippen molar-refractivity contribution in [2.24, 2.45) is 0 Å². The summed E-state index contributed by atoms with van der Waals surface area (Å²) in [5.41, 5.74) is -0.779. The average Bonchev–Trinajstić information content (AvgIpc) is 2.34. The standard InChI is InChI=1S/C12H12F3NO2S/c1-2-18-11(17)4-3-7-19-10-6-5-9(8-16-10)12(13,14)15/h3-6,8H,2,7H2,1H3/b4-3+. The second-order valence-electron chi connectivity index (χ2n) is 3.35. The molecule has 0 spiro atoms. The van der Waals surface area contributed by atoms with Gasteiger partial charge in [0, 0.05) is 18.0 Å². The summed E-state index contributed by atoms with van der Waals surface area (Å²) in [6, 6.07) is 2.27. The number of thioether (sulfide) groups is 1. The lowest BCUT2D eigenvalue weighted by Crippen LogP contribution is -2.05. The van der Waals surface area contributed by atoms with E-state index in [1.54, 1.807) is 13.0 Å². The first-order chi connectivity index (χ1) is 8.93. The highest BCUT2D eigenvalue weighted by atomic mass is 32.2. The minimum atomic E-state index is -4.37. The first-order valence-electron chi connectivity index (χ1n) is 5.43. The van der Waals surface area contributed by atoms with E-state index in [-0.39, 0.29) is 0 Å². The van der Waals surface area contributed by atoms with E-state index in [4.69, 9.17) is 0 Å². The maximum absolute atomic E-state index is 12.3. The average molecular weight is 291 g/mol. The highest BCUT2D eigenvalue weighted by molar-refractivity contribution is 7.99. The molecule has 0 radical (unpaired) electrons. The Balaban J connectivity index is 2.44. The van der Waals surface area contributed by atoms with Crippen LogP contribution in [-0.4, -0.2) is 23.3 Å². The Morgan fingerprint density at radius 1 is 1.47 bits per heavy atom. The fourth-order valence-electron chi connectivity index (χ4n) is 1.10. The molecular weight excluding hydrogens is 279 g/mol. The molecule has 7 heteroatoms. The van der Waals surface area contributed by atoms with Crippen molar-refractivity contribution in [3.8, 4) is 0 Å². The Kier molecular flexibility index (Phi) is 5.88. The highest BCUT2D eigenvalue weighted by Gasteiger charge is 2.30. The monoisotopic (exact) mass is 291 g/mol. The van der Waals surface area contributed by atoms with Crippen molar-refractivity contribution < 1.29 is 22.7 Å². The number of hydrogen-bond donors (Lipinski definition) is 0. The topological polar surface area (TPSA) is 39.2 Å². The molecule has 0 unspecified atom stereocenters. The van der Waals surface area contributed by atoms with Crippen LogP contribution in [0.1, 0.15) is 12.5 Å². The van der Waals surface area contributed by atoms with Crippen LogP contribution < -0.4 is 0 Å². The Labute approximate surface area is 112 Å². The number of carbonyl (C=O) groups is 1. The van der Waals surface area contributed by atoms with Crippen LogP contribution in [-0.2, 0) is 15.7 Å². The SMILES string of the molecule is CCOC(=O)/C=C/CSc1ccc(C(F)(F)F)cn1. The summed E-state index contributed by atoms with van der Waals surface area (Å²) in [4.78, 5) is 14.6. The van der Waals surface area contributed by atoms with E-state index in [9.17, 15) is 18.0 Å². The van der Waals surface area contributed by atoms with Gasteiger partial charge in [-0.05, 0) is 19.1 Å². The first kappa shape index (κ1) is 15.6. The number of rotatable bonds is 5. The quantitative estimate of drug-likeness (QED) is 0.474. The largest absolute Gasteiger partial charge is 0.463 e. The van der Waals surface area contributed by atoms with Gasteiger partial charge in [-0.25, -0.2) is 9.78 Å². The number of esters is 1. The summed E-state index contributed by atoms with van der Waals surface area (Å²) >= 11 is 1.23. The molecule has 0 bridgehead atoms. The van der Waals surface area contributed by atoms with Gasteiger partial charge in [-0.2, -0.15) is 13.2 Å². The Morgan fingerprint density at radius 2 is 2.21 bits per heavy atom. The van der Waals surface area contributed by atoms with E-state index in [0.717, 1.165) is 12.3 Å². The third kappa shape index (κ3) is 5.78. The van der Waals surface area contributed by atoms with Crippen molar-refractivity contribution in [3.05, 3.63) is 36.0 Å². The predicted molar refractivity (Wildman–Crippen MR) is 65.7 cm³/mol. The lowest BCUT2D eigenvalue weighted by molar-refractivity contribution is -0.138. The molecule has 0 atom stereocenters. The fraction of sp³-hybridized carbons (Fsp3) is 0.333. The number of pyridine rings is 1. The van der Waals surface area contributed by atoms with Crippen molar-refractivity contribution in [2.45, 2.75) is 18.1 Å². The van der Waals surface area contributed by atoms with Crippen LogP contribution in [0.15, 0.2) is 35.5 Å². The maximum Gasteiger partial charge on any atom is 0.417 e. The van der Waals surface area contributed by atoms with Gasteiger partial charge in [-0.3, -0.25) is 0 Å². The van der Waals surface area contributed by atoms with Gasteiger partial charge >= 0.3 is 12.1 Å². The summed E-state index contributed by atoms with van der Waals surface area (Å²) in [5.74, 6) is -0.0135. The van der Waals surface area contributed by atoms with Crippen molar-refractivity contribution >= 4 is 17.7 Å². The zero-order valence-electron chi connectivity index (χ0n) is 10.1. The molecule has 1 rings (SSSR count). The van der Waals surface area contributed by atoms with E-state index in [0.29, 0.717) is 17.4 Å². The van der Waals surface area contributed by atoms with Crippen LogP contribution in [0.2, 0.25) is 0 Å². The maximum atomic E-state index is 12.3. The summed E-state index contributed by atoms with van der Waals surface area (Å²) in [6.45, 7) is 2.00. The fourth-order valence-corrected chi connectivity index (χ4v) is 1.76. The van der Waals surface area contributed by atoms with Gasteiger partial charge in [0.05, 0.1) is 17.2 Å². The lowest BCUT2D eigenvalue weighted by atomic mass is 10.3. The summed E-state index contributed by atoms with van der Waals surface area (Å²) < 4.78 is 41.5. The van der Waals surface area contributed by atoms with Gasteiger partial charge in [0.25, 0.3) is 0 Å². The van der Waals surface area contributed by atoms with Crippen molar-refractivity contribution in [1.29, 1.82) is 0 Å². The van der Waals surface area contributed by atoms with Crippen molar-refractivity contribution in [2.75, 3.05) is 12.4 Å².